The maximum Gasteiger partial charge on any atom is 0.270 e. The van der Waals surface area contributed by atoms with Crippen molar-refractivity contribution in [3.63, 3.8) is 0 Å². The van der Waals surface area contributed by atoms with Crippen LogP contribution in [0.5, 0.6) is 5.75 Å². The minimum atomic E-state index is -0.404. The fraction of sp³-hybridized carbons (Fsp3) is 0.375. The topological polar surface area (TPSA) is 83.1 Å². The van der Waals surface area contributed by atoms with Crippen LogP contribution in [0.25, 0.3) is 0 Å². The first kappa shape index (κ1) is 16.5. The lowest BCUT2D eigenvalue weighted by Crippen LogP contribution is -2.03. The molecule has 0 atom stereocenters. The van der Waals surface area contributed by atoms with Gasteiger partial charge >= 0.3 is 0 Å². The van der Waals surface area contributed by atoms with Crippen molar-refractivity contribution in [2.24, 2.45) is 0 Å². The van der Waals surface area contributed by atoms with Gasteiger partial charge in [0.05, 0.1) is 12.0 Å². The van der Waals surface area contributed by atoms with E-state index < -0.39 is 4.92 Å². The Morgan fingerprint density at radius 1 is 1.50 bits per heavy atom. The molecule has 0 radical (unpaired) electrons. The molecule has 0 N–H and O–H groups in total. The lowest BCUT2D eigenvalue weighted by atomic mass is 10.2. The Morgan fingerprint density at radius 3 is 2.92 bits per heavy atom. The second-order valence-corrected chi connectivity index (χ2v) is 6.50. The van der Waals surface area contributed by atoms with E-state index in [0.717, 1.165) is 29.4 Å². The van der Waals surface area contributed by atoms with Crippen molar-refractivity contribution < 1.29 is 9.66 Å². The molecular formula is C16H18N4O3S. The van der Waals surface area contributed by atoms with Gasteiger partial charge in [-0.25, -0.2) is 0 Å². The number of aromatic nitrogens is 3. The van der Waals surface area contributed by atoms with E-state index in [9.17, 15) is 10.1 Å². The van der Waals surface area contributed by atoms with Gasteiger partial charge in [0.2, 0.25) is 0 Å². The normalized spacial score (nSPS) is 13.7. The van der Waals surface area contributed by atoms with Crippen LogP contribution in [-0.4, -0.2) is 26.8 Å². The molecule has 0 saturated heterocycles. The number of nitrogens with zero attached hydrogens (tertiary/aromatic N) is 4. The smallest absolute Gasteiger partial charge is 0.270 e. The van der Waals surface area contributed by atoms with Crippen LogP contribution in [0.1, 0.15) is 30.1 Å². The molecule has 0 aliphatic heterocycles. The summed E-state index contributed by atoms with van der Waals surface area (Å²) in [6.45, 7) is 4.45. The third kappa shape index (κ3) is 3.43. The average molecular weight is 346 g/mol. The van der Waals surface area contributed by atoms with E-state index in [1.165, 1.54) is 17.8 Å². The summed E-state index contributed by atoms with van der Waals surface area (Å²) in [6.07, 6.45) is 4.13. The summed E-state index contributed by atoms with van der Waals surface area (Å²) in [6, 6.07) is 4.61. The summed E-state index contributed by atoms with van der Waals surface area (Å²) in [5.41, 5.74) is 0.815. The van der Waals surface area contributed by atoms with Crippen molar-refractivity contribution in [3.05, 3.63) is 52.4 Å². The number of nitro benzene ring substituents is 1. The summed E-state index contributed by atoms with van der Waals surface area (Å²) in [5, 5.41) is 20.3. The van der Waals surface area contributed by atoms with Crippen molar-refractivity contribution in [1.82, 2.24) is 14.8 Å². The van der Waals surface area contributed by atoms with E-state index >= 15 is 0 Å². The maximum absolute atomic E-state index is 11.0. The average Bonchev–Trinajstić information content (AvgIpc) is 3.35. The van der Waals surface area contributed by atoms with Crippen LogP contribution < -0.4 is 4.74 Å². The molecule has 1 aromatic carbocycles. The molecule has 1 aliphatic rings. The minimum absolute atomic E-state index is 0.0534. The van der Waals surface area contributed by atoms with Crippen LogP contribution in [0.2, 0.25) is 0 Å². The van der Waals surface area contributed by atoms with E-state index in [0.29, 0.717) is 24.0 Å². The number of methoxy groups -OCH3 is 1. The number of nitro groups is 1. The number of hydrogen-bond acceptors (Lipinski definition) is 6. The maximum atomic E-state index is 11.0. The van der Waals surface area contributed by atoms with Crippen molar-refractivity contribution in [2.45, 2.75) is 36.2 Å². The third-order valence-corrected chi connectivity index (χ3v) is 4.85. The van der Waals surface area contributed by atoms with E-state index in [4.69, 9.17) is 4.74 Å². The number of allylic oxidation sites excluding steroid dienone is 1. The van der Waals surface area contributed by atoms with Crippen LogP contribution in [0.15, 0.2) is 36.0 Å². The predicted molar refractivity (Wildman–Crippen MR) is 91.4 cm³/mol. The first-order chi connectivity index (χ1) is 11.6. The number of non-ortho nitro benzene ring substituents is 1. The molecule has 0 unspecified atom stereocenters. The Morgan fingerprint density at radius 2 is 2.29 bits per heavy atom. The highest BCUT2D eigenvalue weighted by atomic mass is 32.2. The molecule has 3 rings (SSSR count). The zero-order chi connectivity index (χ0) is 17.1. The highest BCUT2D eigenvalue weighted by molar-refractivity contribution is 7.98. The second-order valence-electron chi connectivity index (χ2n) is 5.56. The highest BCUT2D eigenvalue weighted by Gasteiger charge is 2.30. The van der Waals surface area contributed by atoms with Gasteiger partial charge < -0.3 is 9.30 Å². The molecule has 0 bridgehead atoms. The Labute approximate surface area is 143 Å². The first-order valence-electron chi connectivity index (χ1n) is 7.62. The van der Waals surface area contributed by atoms with Crippen molar-refractivity contribution in [1.29, 1.82) is 0 Å². The molecule has 1 fully saturated rings. The monoisotopic (exact) mass is 346 g/mol. The first-order valence-corrected chi connectivity index (χ1v) is 8.60. The van der Waals surface area contributed by atoms with Gasteiger partial charge in [-0.2, -0.15) is 0 Å². The fourth-order valence-corrected chi connectivity index (χ4v) is 3.42. The number of benzene rings is 1. The summed E-state index contributed by atoms with van der Waals surface area (Å²) >= 11 is 1.50. The molecule has 1 saturated carbocycles. The van der Waals surface area contributed by atoms with Crippen molar-refractivity contribution >= 4 is 17.4 Å². The quantitative estimate of drug-likeness (QED) is 0.315. The Balaban J connectivity index is 1.81. The molecule has 0 amide bonds. The minimum Gasteiger partial charge on any atom is -0.496 e. The molecule has 8 heteroatoms. The number of hydrogen-bond donors (Lipinski definition) is 0. The molecule has 126 valence electrons. The zero-order valence-electron chi connectivity index (χ0n) is 13.3. The summed E-state index contributed by atoms with van der Waals surface area (Å²) in [4.78, 5) is 10.6. The largest absolute Gasteiger partial charge is 0.496 e. The van der Waals surface area contributed by atoms with Crippen molar-refractivity contribution in [2.75, 3.05) is 7.11 Å². The van der Waals surface area contributed by atoms with Crippen molar-refractivity contribution in [3.8, 4) is 5.75 Å². The SMILES string of the molecule is C=CCn1c(SCc2cc([N+](=O)[O-])ccc2OC)nnc1C1CC1. The number of ether oxygens (including phenoxy) is 1. The van der Waals surface area contributed by atoms with Crippen LogP contribution in [-0.2, 0) is 12.3 Å². The molecule has 1 heterocycles. The highest BCUT2D eigenvalue weighted by Crippen LogP contribution is 2.40. The molecule has 0 spiro atoms. The predicted octanol–water partition coefficient (Wildman–Crippen LogP) is 3.55. The van der Waals surface area contributed by atoms with Gasteiger partial charge in [-0.15, -0.1) is 16.8 Å². The summed E-state index contributed by atoms with van der Waals surface area (Å²) in [7, 11) is 1.56. The summed E-state index contributed by atoms with van der Waals surface area (Å²) < 4.78 is 7.37. The van der Waals surface area contributed by atoms with Crippen LogP contribution >= 0.6 is 11.8 Å². The van der Waals surface area contributed by atoms with Gasteiger partial charge in [0.1, 0.15) is 11.6 Å². The van der Waals surface area contributed by atoms with Gasteiger partial charge in [0.25, 0.3) is 5.69 Å². The second kappa shape index (κ2) is 7.04. The molecule has 1 aromatic heterocycles. The van der Waals surface area contributed by atoms with E-state index in [-0.39, 0.29) is 5.69 Å². The lowest BCUT2D eigenvalue weighted by molar-refractivity contribution is -0.384. The lowest BCUT2D eigenvalue weighted by Gasteiger charge is -2.09. The fourth-order valence-electron chi connectivity index (χ4n) is 2.48. The van der Waals surface area contributed by atoms with Gasteiger partial charge in [-0.3, -0.25) is 10.1 Å². The van der Waals surface area contributed by atoms with Gasteiger partial charge in [-0.1, -0.05) is 17.8 Å². The van der Waals surface area contributed by atoms with Gasteiger partial charge in [0.15, 0.2) is 5.16 Å². The Kier molecular flexibility index (Phi) is 4.84. The van der Waals surface area contributed by atoms with Gasteiger partial charge in [-0.05, 0) is 18.9 Å². The molecule has 2 aromatic rings. The number of rotatable bonds is 8. The molecule has 1 aliphatic carbocycles. The number of thioether (sulfide) groups is 1. The molecular weight excluding hydrogens is 328 g/mol. The Hall–Kier alpha value is -2.35. The van der Waals surface area contributed by atoms with Crippen LogP contribution in [0, 0.1) is 10.1 Å². The van der Waals surface area contributed by atoms with Gasteiger partial charge in [0, 0.05) is 35.9 Å². The van der Waals surface area contributed by atoms with E-state index in [2.05, 4.69) is 21.3 Å². The standard InChI is InChI=1S/C16H18N4O3S/c1-3-8-19-15(11-4-5-11)17-18-16(19)24-10-12-9-13(20(21)22)6-7-14(12)23-2/h3,6-7,9,11H,1,4-5,8,10H2,2H3. The summed E-state index contributed by atoms with van der Waals surface area (Å²) in [5.74, 6) is 2.65. The molecule has 24 heavy (non-hydrogen) atoms. The zero-order valence-corrected chi connectivity index (χ0v) is 14.2. The molecule has 7 nitrogen and oxygen atoms in total. The van der Waals surface area contributed by atoms with Crippen LogP contribution in [0.3, 0.4) is 0 Å². The van der Waals surface area contributed by atoms with E-state index in [1.807, 2.05) is 6.08 Å². The Bertz CT molecular complexity index is 771. The van der Waals surface area contributed by atoms with E-state index in [1.54, 1.807) is 19.2 Å². The third-order valence-electron chi connectivity index (χ3n) is 3.83. The van der Waals surface area contributed by atoms with Crippen LogP contribution in [0.4, 0.5) is 5.69 Å².